The zero-order valence-electron chi connectivity index (χ0n) is 14.7. The van der Waals surface area contributed by atoms with Gasteiger partial charge in [0.1, 0.15) is 5.75 Å². The molecule has 0 radical (unpaired) electrons. The highest BCUT2D eigenvalue weighted by molar-refractivity contribution is 7.91. The summed E-state index contributed by atoms with van der Waals surface area (Å²) in [5.41, 5.74) is 0.571. The standard InChI is InChI=1S/C16H19ClN4O4S2/c1-3-25-12-8-6-10(7-9-12)18-15(22)21(2)16-19-13(17)14(26-16)27(23,24)20-11-4-5-11/h6-9,11,20H,3-5H2,1-2H3,(H,18,22). The van der Waals surface area contributed by atoms with Gasteiger partial charge in [-0.15, -0.1) is 0 Å². The van der Waals surface area contributed by atoms with Gasteiger partial charge in [-0.1, -0.05) is 22.9 Å². The predicted octanol–water partition coefficient (Wildman–Crippen LogP) is 3.30. The minimum atomic E-state index is -3.73. The van der Waals surface area contributed by atoms with Crippen molar-refractivity contribution in [3.05, 3.63) is 29.4 Å². The lowest BCUT2D eigenvalue weighted by Crippen LogP contribution is -2.31. The molecule has 27 heavy (non-hydrogen) atoms. The van der Waals surface area contributed by atoms with Crippen molar-refractivity contribution in [2.75, 3.05) is 23.9 Å². The molecule has 11 heteroatoms. The van der Waals surface area contributed by atoms with Gasteiger partial charge in [0.2, 0.25) is 0 Å². The second kappa shape index (κ2) is 8.01. The van der Waals surface area contributed by atoms with E-state index < -0.39 is 16.1 Å². The third-order valence-electron chi connectivity index (χ3n) is 3.70. The smallest absolute Gasteiger partial charge is 0.327 e. The van der Waals surface area contributed by atoms with Crippen molar-refractivity contribution in [2.45, 2.75) is 30.0 Å². The average molecular weight is 431 g/mol. The molecule has 146 valence electrons. The summed E-state index contributed by atoms with van der Waals surface area (Å²) in [4.78, 5) is 17.7. The number of nitrogens with one attached hydrogen (secondary N) is 2. The number of carbonyl (C=O) groups is 1. The zero-order chi connectivity index (χ0) is 19.6. The lowest BCUT2D eigenvalue weighted by molar-refractivity contribution is 0.258. The lowest BCUT2D eigenvalue weighted by atomic mass is 10.3. The van der Waals surface area contributed by atoms with Crippen molar-refractivity contribution in [1.29, 1.82) is 0 Å². The topological polar surface area (TPSA) is 101 Å². The van der Waals surface area contributed by atoms with Crippen LogP contribution in [0.25, 0.3) is 0 Å². The molecule has 2 N–H and O–H groups in total. The van der Waals surface area contributed by atoms with Crippen molar-refractivity contribution in [1.82, 2.24) is 9.71 Å². The van der Waals surface area contributed by atoms with E-state index >= 15 is 0 Å². The van der Waals surface area contributed by atoms with E-state index in [2.05, 4.69) is 15.0 Å². The van der Waals surface area contributed by atoms with Gasteiger partial charge in [0.05, 0.1) is 6.61 Å². The molecule has 0 bridgehead atoms. The highest BCUT2D eigenvalue weighted by atomic mass is 35.5. The molecule has 0 spiro atoms. The maximum absolute atomic E-state index is 12.4. The van der Waals surface area contributed by atoms with Crippen LogP contribution in [-0.4, -0.2) is 39.1 Å². The second-order valence-corrected chi connectivity index (χ2v) is 9.16. The van der Waals surface area contributed by atoms with Crippen molar-refractivity contribution >= 4 is 49.8 Å². The largest absolute Gasteiger partial charge is 0.494 e. The number of sulfonamides is 1. The Balaban J connectivity index is 1.70. The maximum Gasteiger partial charge on any atom is 0.327 e. The SMILES string of the molecule is CCOc1ccc(NC(=O)N(C)c2nc(Cl)c(S(=O)(=O)NC3CC3)s2)cc1. The Morgan fingerprint density at radius 2 is 2.04 bits per heavy atom. The molecular formula is C16H19ClN4O4S2. The quantitative estimate of drug-likeness (QED) is 0.701. The fourth-order valence-electron chi connectivity index (χ4n) is 2.16. The monoisotopic (exact) mass is 430 g/mol. The molecule has 1 aromatic heterocycles. The van der Waals surface area contributed by atoms with Crippen molar-refractivity contribution in [3.8, 4) is 5.75 Å². The first-order chi connectivity index (χ1) is 12.8. The van der Waals surface area contributed by atoms with E-state index in [0.717, 1.165) is 24.2 Å². The molecule has 1 heterocycles. The van der Waals surface area contributed by atoms with Gasteiger partial charge in [-0.2, -0.15) is 0 Å². The average Bonchev–Trinajstić information content (AvgIpc) is 3.33. The molecule has 1 fully saturated rings. The van der Waals surface area contributed by atoms with Crippen LogP contribution in [0.2, 0.25) is 5.15 Å². The Bertz CT molecular complexity index is 926. The van der Waals surface area contributed by atoms with Crippen LogP contribution in [0.5, 0.6) is 5.75 Å². The number of benzene rings is 1. The van der Waals surface area contributed by atoms with Gasteiger partial charge in [-0.05, 0) is 44.0 Å². The van der Waals surface area contributed by atoms with E-state index in [-0.39, 0.29) is 20.5 Å². The van der Waals surface area contributed by atoms with Gasteiger partial charge < -0.3 is 10.1 Å². The third kappa shape index (κ3) is 4.89. The molecular weight excluding hydrogens is 412 g/mol. The number of hydrogen-bond acceptors (Lipinski definition) is 6. The van der Waals surface area contributed by atoms with Gasteiger partial charge in [0.15, 0.2) is 14.5 Å². The molecule has 0 unspecified atom stereocenters. The molecule has 3 rings (SSSR count). The third-order valence-corrected chi connectivity index (χ3v) is 7.36. The minimum absolute atomic E-state index is 0.0442. The molecule has 1 aliphatic carbocycles. The molecule has 1 aliphatic rings. The van der Waals surface area contributed by atoms with Crippen molar-refractivity contribution in [3.63, 3.8) is 0 Å². The minimum Gasteiger partial charge on any atom is -0.494 e. The van der Waals surface area contributed by atoms with Crippen LogP contribution in [0.4, 0.5) is 15.6 Å². The molecule has 1 aromatic carbocycles. The summed E-state index contributed by atoms with van der Waals surface area (Å²) < 4.78 is 32.5. The highest BCUT2D eigenvalue weighted by Crippen LogP contribution is 2.34. The molecule has 1 saturated carbocycles. The number of amides is 2. The molecule has 2 aromatic rings. The number of halogens is 1. The molecule has 0 atom stereocenters. The molecule has 0 saturated heterocycles. The number of ether oxygens (including phenoxy) is 1. The van der Waals surface area contributed by atoms with Crippen LogP contribution < -0.4 is 19.7 Å². The summed E-state index contributed by atoms with van der Waals surface area (Å²) in [6.45, 7) is 2.44. The first-order valence-corrected chi connectivity index (χ1v) is 10.9. The number of aromatic nitrogens is 1. The Morgan fingerprint density at radius 1 is 1.37 bits per heavy atom. The molecule has 8 nitrogen and oxygen atoms in total. The first-order valence-electron chi connectivity index (χ1n) is 8.26. The Hall–Kier alpha value is -1.88. The second-order valence-electron chi connectivity index (χ2n) is 5.92. The van der Waals surface area contributed by atoms with Gasteiger partial charge in [0, 0.05) is 18.8 Å². The maximum atomic E-state index is 12.4. The zero-order valence-corrected chi connectivity index (χ0v) is 17.1. The normalized spacial score (nSPS) is 14.0. The highest BCUT2D eigenvalue weighted by Gasteiger charge is 2.32. The van der Waals surface area contributed by atoms with Crippen LogP contribution >= 0.6 is 22.9 Å². The Kier molecular flexibility index (Phi) is 5.89. The number of urea groups is 1. The first kappa shape index (κ1) is 19.9. The number of carbonyl (C=O) groups excluding carboxylic acids is 1. The van der Waals surface area contributed by atoms with Crippen molar-refractivity contribution < 1.29 is 17.9 Å². The van der Waals surface area contributed by atoms with E-state index in [0.29, 0.717) is 18.0 Å². The number of hydrogen-bond donors (Lipinski definition) is 2. The van der Waals surface area contributed by atoms with Crippen LogP contribution in [0.3, 0.4) is 0 Å². The van der Waals surface area contributed by atoms with E-state index in [9.17, 15) is 13.2 Å². The van der Waals surface area contributed by atoms with Gasteiger partial charge >= 0.3 is 6.03 Å². The van der Waals surface area contributed by atoms with Gasteiger partial charge in [-0.25, -0.2) is 22.9 Å². The van der Waals surface area contributed by atoms with Crippen LogP contribution in [0.15, 0.2) is 28.5 Å². The molecule has 0 aliphatic heterocycles. The van der Waals surface area contributed by atoms with E-state index in [4.69, 9.17) is 16.3 Å². The number of thiazole rings is 1. The van der Waals surface area contributed by atoms with Crippen LogP contribution in [-0.2, 0) is 10.0 Å². The summed E-state index contributed by atoms with van der Waals surface area (Å²) in [6.07, 6.45) is 1.62. The Morgan fingerprint density at radius 3 is 2.63 bits per heavy atom. The Labute approximate surface area is 166 Å². The summed E-state index contributed by atoms with van der Waals surface area (Å²) in [7, 11) is -2.24. The lowest BCUT2D eigenvalue weighted by Gasteiger charge is -2.15. The van der Waals surface area contributed by atoms with E-state index in [1.54, 1.807) is 24.3 Å². The van der Waals surface area contributed by atoms with E-state index in [1.165, 1.54) is 11.9 Å². The number of nitrogens with zero attached hydrogens (tertiary/aromatic N) is 2. The predicted molar refractivity (Wildman–Crippen MR) is 106 cm³/mol. The van der Waals surface area contributed by atoms with Crippen molar-refractivity contribution in [2.24, 2.45) is 0 Å². The summed E-state index contributed by atoms with van der Waals surface area (Å²) in [5, 5.41) is 2.74. The number of anilines is 2. The fourth-order valence-corrected chi connectivity index (χ4v) is 5.21. The summed E-state index contributed by atoms with van der Waals surface area (Å²) >= 11 is 6.84. The fraction of sp³-hybridized carbons (Fsp3) is 0.375. The van der Waals surface area contributed by atoms with Gasteiger partial charge in [0.25, 0.3) is 10.0 Å². The van der Waals surface area contributed by atoms with Crippen LogP contribution in [0, 0.1) is 0 Å². The number of rotatable bonds is 7. The summed E-state index contributed by atoms with van der Waals surface area (Å²) in [5.74, 6) is 0.702. The molecule has 2 amide bonds. The van der Waals surface area contributed by atoms with Gasteiger partial charge in [-0.3, -0.25) is 4.90 Å². The van der Waals surface area contributed by atoms with Crippen LogP contribution in [0.1, 0.15) is 19.8 Å². The van der Waals surface area contributed by atoms with E-state index in [1.807, 2.05) is 6.92 Å². The summed E-state index contributed by atoms with van der Waals surface area (Å²) in [6, 6.07) is 6.39.